The molecular formula is C13H18N4O2S2. The van der Waals surface area contributed by atoms with Crippen molar-refractivity contribution in [1.82, 2.24) is 19.9 Å². The van der Waals surface area contributed by atoms with Crippen LogP contribution >= 0.6 is 11.8 Å². The summed E-state index contributed by atoms with van der Waals surface area (Å²) in [7, 11) is -3.47. The highest BCUT2D eigenvalue weighted by molar-refractivity contribution is 7.99. The lowest BCUT2D eigenvalue weighted by atomic mass is 10.2. The Morgan fingerprint density at radius 3 is 2.71 bits per heavy atom. The molecule has 0 fully saturated rings. The number of sulfonamides is 1. The fraction of sp³-hybridized carbons (Fsp3) is 0.385. The molecule has 0 aliphatic rings. The van der Waals surface area contributed by atoms with Crippen molar-refractivity contribution in [2.24, 2.45) is 0 Å². The molecule has 1 aromatic carbocycles. The van der Waals surface area contributed by atoms with E-state index in [4.69, 9.17) is 0 Å². The average molecular weight is 326 g/mol. The van der Waals surface area contributed by atoms with E-state index in [-0.39, 0.29) is 0 Å². The van der Waals surface area contributed by atoms with Gasteiger partial charge in [-0.3, -0.25) is 5.10 Å². The van der Waals surface area contributed by atoms with Gasteiger partial charge in [-0.05, 0) is 38.0 Å². The van der Waals surface area contributed by atoms with Gasteiger partial charge in [0.1, 0.15) is 5.82 Å². The fourth-order valence-electron chi connectivity index (χ4n) is 1.78. The van der Waals surface area contributed by atoms with Crippen LogP contribution in [0.1, 0.15) is 17.0 Å². The third-order valence-electron chi connectivity index (χ3n) is 2.84. The highest BCUT2D eigenvalue weighted by Crippen LogP contribution is 2.17. The Morgan fingerprint density at radius 2 is 2.05 bits per heavy atom. The van der Waals surface area contributed by atoms with E-state index < -0.39 is 10.0 Å². The number of rotatable bonds is 6. The molecule has 21 heavy (non-hydrogen) atoms. The molecule has 1 aromatic heterocycles. The zero-order valence-electron chi connectivity index (χ0n) is 12.2. The van der Waals surface area contributed by atoms with Gasteiger partial charge >= 0.3 is 0 Å². The smallest absolute Gasteiger partial charge is 0.240 e. The van der Waals surface area contributed by atoms with E-state index >= 15 is 0 Å². The Hall–Kier alpha value is -1.38. The van der Waals surface area contributed by atoms with Gasteiger partial charge in [0.25, 0.3) is 0 Å². The molecule has 0 radical (unpaired) electrons. The summed E-state index contributed by atoms with van der Waals surface area (Å²) in [6, 6.07) is 5.40. The van der Waals surface area contributed by atoms with Crippen molar-refractivity contribution in [3.63, 3.8) is 0 Å². The highest BCUT2D eigenvalue weighted by Gasteiger charge is 2.16. The second kappa shape index (κ2) is 6.59. The standard InChI is InChI=1S/C13H18N4O2S2/c1-9-4-5-10(2)12(8-9)21(18,19)14-6-7-20-13-15-11(3)16-17-13/h4-5,8,14H,6-7H2,1-3H3,(H,15,16,17). The van der Waals surface area contributed by atoms with Crippen LogP contribution in [0.3, 0.4) is 0 Å². The maximum absolute atomic E-state index is 12.3. The molecule has 2 aromatic rings. The summed E-state index contributed by atoms with van der Waals surface area (Å²) in [4.78, 5) is 4.48. The minimum atomic E-state index is -3.47. The second-order valence-electron chi connectivity index (χ2n) is 4.72. The molecule has 0 bridgehead atoms. The van der Waals surface area contributed by atoms with E-state index in [2.05, 4.69) is 19.9 Å². The molecule has 0 amide bonds. The largest absolute Gasteiger partial charge is 0.262 e. The molecule has 2 rings (SSSR count). The molecule has 0 unspecified atom stereocenters. The number of aryl methyl sites for hydroxylation is 3. The third kappa shape index (κ3) is 4.29. The maximum Gasteiger partial charge on any atom is 0.240 e. The van der Waals surface area contributed by atoms with Crippen LogP contribution in [0.2, 0.25) is 0 Å². The summed E-state index contributed by atoms with van der Waals surface area (Å²) in [5.41, 5.74) is 1.66. The Kier molecular flexibility index (Phi) is 5.02. The van der Waals surface area contributed by atoms with Gasteiger partial charge < -0.3 is 0 Å². The van der Waals surface area contributed by atoms with E-state index in [0.717, 1.165) is 17.0 Å². The molecular weight excluding hydrogens is 308 g/mol. The first-order valence-electron chi connectivity index (χ1n) is 6.47. The van der Waals surface area contributed by atoms with Crippen LogP contribution < -0.4 is 4.72 Å². The van der Waals surface area contributed by atoms with Gasteiger partial charge in [0.2, 0.25) is 15.2 Å². The minimum Gasteiger partial charge on any atom is -0.262 e. The van der Waals surface area contributed by atoms with E-state index in [9.17, 15) is 8.42 Å². The molecule has 8 heteroatoms. The van der Waals surface area contributed by atoms with Gasteiger partial charge in [0, 0.05) is 12.3 Å². The molecule has 0 aliphatic heterocycles. The Labute approximate surface area is 128 Å². The van der Waals surface area contributed by atoms with Crippen molar-refractivity contribution in [3.05, 3.63) is 35.2 Å². The number of nitrogens with one attached hydrogen (secondary N) is 2. The number of nitrogens with zero attached hydrogens (tertiary/aromatic N) is 2. The van der Waals surface area contributed by atoms with Gasteiger partial charge in [-0.1, -0.05) is 23.9 Å². The Bertz CT molecular complexity index is 726. The molecule has 2 N–H and O–H groups in total. The molecule has 0 saturated heterocycles. The lowest BCUT2D eigenvalue weighted by molar-refractivity contribution is 0.583. The van der Waals surface area contributed by atoms with Crippen molar-refractivity contribution < 1.29 is 8.42 Å². The number of aromatic nitrogens is 3. The van der Waals surface area contributed by atoms with Crippen LogP contribution in [0, 0.1) is 20.8 Å². The molecule has 1 heterocycles. The number of hydrogen-bond acceptors (Lipinski definition) is 5. The molecule has 0 saturated carbocycles. The number of thioether (sulfide) groups is 1. The van der Waals surface area contributed by atoms with Gasteiger partial charge in [-0.2, -0.15) is 0 Å². The lowest BCUT2D eigenvalue weighted by Crippen LogP contribution is -2.26. The predicted molar refractivity (Wildman–Crippen MR) is 82.9 cm³/mol. The number of hydrogen-bond donors (Lipinski definition) is 2. The van der Waals surface area contributed by atoms with Crippen LogP contribution in [-0.4, -0.2) is 35.9 Å². The van der Waals surface area contributed by atoms with Gasteiger partial charge in [-0.25, -0.2) is 18.1 Å². The van der Waals surface area contributed by atoms with E-state index in [1.165, 1.54) is 11.8 Å². The van der Waals surface area contributed by atoms with Crippen molar-refractivity contribution in [1.29, 1.82) is 0 Å². The molecule has 0 aliphatic carbocycles. The number of benzene rings is 1. The maximum atomic E-state index is 12.3. The Morgan fingerprint density at radius 1 is 1.29 bits per heavy atom. The number of H-pyrrole nitrogens is 1. The summed E-state index contributed by atoms with van der Waals surface area (Å²) in [6.45, 7) is 5.81. The quantitative estimate of drug-likeness (QED) is 0.624. The molecule has 6 nitrogen and oxygen atoms in total. The van der Waals surface area contributed by atoms with Gasteiger partial charge in [0.15, 0.2) is 0 Å². The summed E-state index contributed by atoms with van der Waals surface area (Å²) in [5, 5.41) is 7.35. The van der Waals surface area contributed by atoms with Gasteiger partial charge in [-0.15, -0.1) is 5.10 Å². The summed E-state index contributed by atoms with van der Waals surface area (Å²) in [5.74, 6) is 1.31. The Balaban J connectivity index is 1.94. The van der Waals surface area contributed by atoms with E-state index in [0.29, 0.717) is 22.3 Å². The lowest BCUT2D eigenvalue weighted by Gasteiger charge is -2.09. The van der Waals surface area contributed by atoms with Crippen LogP contribution in [-0.2, 0) is 10.0 Å². The predicted octanol–water partition coefficient (Wildman–Crippen LogP) is 1.80. The second-order valence-corrected chi connectivity index (χ2v) is 7.52. The zero-order chi connectivity index (χ0) is 15.5. The van der Waals surface area contributed by atoms with Crippen molar-refractivity contribution >= 4 is 21.8 Å². The summed E-state index contributed by atoms with van der Waals surface area (Å²) >= 11 is 1.40. The summed E-state index contributed by atoms with van der Waals surface area (Å²) < 4.78 is 27.1. The first kappa shape index (κ1) is 16.0. The topological polar surface area (TPSA) is 87.7 Å². The first-order valence-corrected chi connectivity index (χ1v) is 8.94. The van der Waals surface area contributed by atoms with Crippen LogP contribution in [0.15, 0.2) is 28.3 Å². The van der Waals surface area contributed by atoms with E-state index in [1.807, 2.05) is 26.0 Å². The van der Waals surface area contributed by atoms with E-state index in [1.54, 1.807) is 13.0 Å². The first-order chi connectivity index (χ1) is 9.88. The minimum absolute atomic E-state index is 0.327. The molecule has 0 spiro atoms. The number of aromatic amines is 1. The normalized spacial score (nSPS) is 11.8. The summed E-state index contributed by atoms with van der Waals surface area (Å²) in [6.07, 6.45) is 0. The third-order valence-corrected chi connectivity index (χ3v) is 5.29. The van der Waals surface area contributed by atoms with Crippen molar-refractivity contribution in [2.45, 2.75) is 30.8 Å². The van der Waals surface area contributed by atoms with Crippen molar-refractivity contribution in [3.8, 4) is 0 Å². The SMILES string of the molecule is Cc1ccc(C)c(S(=O)(=O)NCCSc2n[nH]c(C)n2)c1. The van der Waals surface area contributed by atoms with Gasteiger partial charge in [0.05, 0.1) is 4.90 Å². The monoisotopic (exact) mass is 326 g/mol. The highest BCUT2D eigenvalue weighted by atomic mass is 32.2. The fourth-order valence-corrected chi connectivity index (χ4v) is 3.97. The average Bonchev–Trinajstić information content (AvgIpc) is 2.83. The van der Waals surface area contributed by atoms with Crippen molar-refractivity contribution in [2.75, 3.05) is 12.3 Å². The van der Waals surface area contributed by atoms with Crippen LogP contribution in [0.25, 0.3) is 0 Å². The molecule has 114 valence electrons. The molecule has 0 atom stereocenters. The van der Waals surface area contributed by atoms with Crippen LogP contribution in [0.4, 0.5) is 0 Å². The zero-order valence-corrected chi connectivity index (χ0v) is 13.8. The van der Waals surface area contributed by atoms with Crippen LogP contribution in [0.5, 0.6) is 0 Å².